The number of aryl methyl sites for hydroxylation is 1. The highest BCUT2D eigenvalue weighted by Crippen LogP contribution is 2.27. The molecule has 0 N–H and O–H groups in total. The fraction of sp³-hybridized carbons (Fsp3) is 0.318. The zero-order chi connectivity index (χ0) is 20.3. The molecule has 6 nitrogen and oxygen atoms in total. The molecular formula is C22H24N2O4. The molecule has 0 radical (unpaired) electrons. The number of fused-ring (bicyclic) bond motifs is 1. The molecular weight excluding hydrogens is 356 g/mol. The van der Waals surface area contributed by atoms with Crippen LogP contribution in [-0.2, 0) is 9.53 Å². The van der Waals surface area contributed by atoms with Crippen LogP contribution in [0.5, 0.6) is 0 Å². The van der Waals surface area contributed by atoms with Crippen molar-refractivity contribution < 1.29 is 18.8 Å². The maximum atomic E-state index is 12.8. The molecule has 0 aliphatic rings. The summed E-state index contributed by atoms with van der Waals surface area (Å²) < 4.78 is 10.5. The van der Waals surface area contributed by atoms with Crippen LogP contribution in [0.25, 0.3) is 10.8 Å². The number of esters is 1. The maximum absolute atomic E-state index is 12.8. The van der Waals surface area contributed by atoms with Gasteiger partial charge in [-0.15, -0.1) is 0 Å². The Morgan fingerprint density at radius 3 is 2.57 bits per heavy atom. The van der Waals surface area contributed by atoms with Gasteiger partial charge in [0.25, 0.3) is 5.91 Å². The first-order valence-corrected chi connectivity index (χ1v) is 9.35. The van der Waals surface area contributed by atoms with Crippen molar-refractivity contribution in [2.45, 2.75) is 33.6 Å². The van der Waals surface area contributed by atoms with Crippen molar-refractivity contribution in [2.24, 2.45) is 0 Å². The lowest BCUT2D eigenvalue weighted by atomic mass is 10.1. The Morgan fingerprint density at radius 2 is 1.86 bits per heavy atom. The lowest BCUT2D eigenvalue weighted by Gasteiger charge is -2.22. The molecule has 0 saturated carbocycles. The summed E-state index contributed by atoms with van der Waals surface area (Å²) in [4.78, 5) is 27.0. The summed E-state index contributed by atoms with van der Waals surface area (Å²) >= 11 is 0. The van der Waals surface area contributed by atoms with Crippen molar-refractivity contribution in [2.75, 3.05) is 18.1 Å². The van der Waals surface area contributed by atoms with Gasteiger partial charge in [0, 0.05) is 17.8 Å². The number of carbonyl (C=O) groups is 2. The van der Waals surface area contributed by atoms with E-state index in [9.17, 15) is 9.59 Å². The summed E-state index contributed by atoms with van der Waals surface area (Å²) in [5.41, 5.74) is 1.56. The average Bonchev–Trinajstić information content (AvgIpc) is 3.09. The first kappa shape index (κ1) is 19.6. The number of benzene rings is 2. The number of likely N-dealkylation sites (N-methyl/N-ethyl adjacent to an activating group) is 1. The van der Waals surface area contributed by atoms with Crippen molar-refractivity contribution >= 4 is 28.3 Å². The van der Waals surface area contributed by atoms with Gasteiger partial charge in [-0.1, -0.05) is 55.4 Å². The molecule has 0 aliphatic heterocycles. The zero-order valence-corrected chi connectivity index (χ0v) is 16.6. The minimum atomic E-state index is -0.593. The molecule has 28 heavy (non-hydrogen) atoms. The van der Waals surface area contributed by atoms with Gasteiger partial charge in [-0.2, -0.15) is 0 Å². The first-order valence-electron chi connectivity index (χ1n) is 9.35. The van der Waals surface area contributed by atoms with Crippen LogP contribution >= 0.6 is 0 Å². The van der Waals surface area contributed by atoms with Gasteiger partial charge >= 0.3 is 5.97 Å². The van der Waals surface area contributed by atoms with E-state index in [1.165, 1.54) is 0 Å². The largest absolute Gasteiger partial charge is 0.452 e. The quantitative estimate of drug-likeness (QED) is 0.590. The normalized spacial score (nSPS) is 11.0. The fourth-order valence-electron chi connectivity index (χ4n) is 3.23. The molecule has 1 amide bonds. The van der Waals surface area contributed by atoms with E-state index < -0.39 is 5.97 Å². The van der Waals surface area contributed by atoms with Gasteiger partial charge in [-0.3, -0.25) is 4.79 Å². The molecule has 3 aromatic rings. The highest BCUT2D eigenvalue weighted by molar-refractivity contribution is 6.04. The first-order chi connectivity index (χ1) is 13.4. The summed E-state index contributed by atoms with van der Waals surface area (Å²) in [5.74, 6) is -0.421. The van der Waals surface area contributed by atoms with Gasteiger partial charge in [0.15, 0.2) is 12.4 Å². The van der Waals surface area contributed by atoms with E-state index in [1.54, 1.807) is 11.8 Å². The Labute approximate surface area is 164 Å². The van der Waals surface area contributed by atoms with Crippen LogP contribution in [-0.4, -0.2) is 30.2 Å². The van der Waals surface area contributed by atoms with Gasteiger partial charge in [0.2, 0.25) is 0 Å². The second kappa shape index (κ2) is 8.25. The molecule has 3 rings (SSSR count). The van der Waals surface area contributed by atoms with Crippen molar-refractivity contribution in [3.63, 3.8) is 0 Å². The standard InChI is InChI=1S/C22H24N2O4/c1-5-24(18-12-8-10-16-9-6-7-11-17(16)18)19(25)13-27-22(26)20-15(4)23-28-21(20)14(2)3/h6-12,14H,5,13H2,1-4H3. The smallest absolute Gasteiger partial charge is 0.344 e. The van der Waals surface area contributed by atoms with E-state index in [0.717, 1.165) is 16.5 Å². The number of carbonyl (C=O) groups excluding carboxylic acids is 2. The third-order valence-corrected chi connectivity index (χ3v) is 4.62. The second-order valence-electron chi connectivity index (χ2n) is 6.87. The van der Waals surface area contributed by atoms with Crippen LogP contribution in [0.3, 0.4) is 0 Å². The van der Waals surface area contributed by atoms with E-state index in [-0.39, 0.29) is 18.4 Å². The number of ether oxygens (including phenoxy) is 1. The Bertz CT molecular complexity index is 1000. The van der Waals surface area contributed by atoms with Crippen LogP contribution in [0.2, 0.25) is 0 Å². The van der Waals surface area contributed by atoms with Crippen LogP contribution in [0, 0.1) is 6.92 Å². The lowest BCUT2D eigenvalue weighted by molar-refractivity contribution is -0.121. The highest BCUT2D eigenvalue weighted by Gasteiger charge is 2.25. The molecule has 0 saturated heterocycles. The molecule has 0 aliphatic carbocycles. The van der Waals surface area contributed by atoms with E-state index in [2.05, 4.69) is 5.16 Å². The topological polar surface area (TPSA) is 72.6 Å². The summed E-state index contributed by atoms with van der Waals surface area (Å²) in [6.07, 6.45) is 0. The predicted molar refractivity (Wildman–Crippen MR) is 108 cm³/mol. The number of anilines is 1. The molecule has 0 spiro atoms. The molecule has 6 heteroatoms. The molecule has 0 fully saturated rings. The zero-order valence-electron chi connectivity index (χ0n) is 16.6. The number of hydrogen-bond donors (Lipinski definition) is 0. The number of amides is 1. The summed E-state index contributed by atoms with van der Waals surface area (Å²) in [6, 6.07) is 13.7. The predicted octanol–water partition coefficient (Wildman–Crippen LogP) is 4.47. The third kappa shape index (κ3) is 3.76. The molecule has 0 atom stereocenters. The molecule has 1 heterocycles. The Kier molecular flexibility index (Phi) is 5.78. The minimum absolute atomic E-state index is 0.0118. The molecule has 0 unspecified atom stereocenters. The molecule has 2 aromatic carbocycles. The van der Waals surface area contributed by atoms with Crippen molar-refractivity contribution in [1.82, 2.24) is 5.16 Å². The Morgan fingerprint density at radius 1 is 1.14 bits per heavy atom. The molecule has 0 bridgehead atoms. The second-order valence-corrected chi connectivity index (χ2v) is 6.87. The third-order valence-electron chi connectivity index (χ3n) is 4.62. The lowest BCUT2D eigenvalue weighted by Crippen LogP contribution is -2.34. The Balaban J connectivity index is 1.78. The number of rotatable bonds is 6. The summed E-state index contributed by atoms with van der Waals surface area (Å²) in [6.45, 7) is 7.50. The number of hydrogen-bond acceptors (Lipinski definition) is 5. The molecule has 1 aromatic heterocycles. The Hall–Kier alpha value is -3.15. The van der Waals surface area contributed by atoms with Crippen LogP contribution in [0.1, 0.15) is 48.5 Å². The van der Waals surface area contributed by atoms with Crippen molar-refractivity contribution in [3.8, 4) is 0 Å². The van der Waals surface area contributed by atoms with E-state index in [1.807, 2.05) is 63.2 Å². The van der Waals surface area contributed by atoms with Crippen LogP contribution in [0.4, 0.5) is 5.69 Å². The van der Waals surface area contributed by atoms with Crippen LogP contribution < -0.4 is 4.90 Å². The summed E-state index contributed by atoms with van der Waals surface area (Å²) in [7, 11) is 0. The van der Waals surface area contributed by atoms with Gasteiger partial charge < -0.3 is 14.2 Å². The van der Waals surface area contributed by atoms with E-state index in [0.29, 0.717) is 23.6 Å². The van der Waals surface area contributed by atoms with E-state index in [4.69, 9.17) is 9.26 Å². The maximum Gasteiger partial charge on any atom is 0.344 e. The highest BCUT2D eigenvalue weighted by atomic mass is 16.5. The summed E-state index contributed by atoms with van der Waals surface area (Å²) in [5, 5.41) is 5.87. The van der Waals surface area contributed by atoms with Gasteiger partial charge in [0.05, 0.1) is 11.4 Å². The fourth-order valence-corrected chi connectivity index (χ4v) is 3.23. The van der Waals surface area contributed by atoms with Crippen molar-refractivity contribution in [3.05, 3.63) is 59.5 Å². The number of aromatic nitrogens is 1. The molecule has 146 valence electrons. The number of nitrogens with zero attached hydrogens (tertiary/aromatic N) is 2. The van der Waals surface area contributed by atoms with Crippen molar-refractivity contribution in [1.29, 1.82) is 0 Å². The van der Waals surface area contributed by atoms with Gasteiger partial charge in [0.1, 0.15) is 5.56 Å². The van der Waals surface area contributed by atoms with Gasteiger partial charge in [-0.25, -0.2) is 4.79 Å². The monoisotopic (exact) mass is 380 g/mol. The SMILES string of the molecule is CCN(C(=O)COC(=O)c1c(C)noc1C(C)C)c1cccc2ccccc12. The van der Waals surface area contributed by atoms with Gasteiger partial charge in [-0.05, 0) is 25.3 Å². The van der Waals surface area contributed by atoms with E-state index >= 15 is 0 Å². The van der Waals surface area contributed by atoms with Crippen LogP contribution in [0.15, 0.2) is 47.0 Å². The average molecular weight is 380 g/mol. The minimum Gasteiger partial charge on any atom is -0.452 e.